The van der Waals surface area contributed by atoms with Crippen LogP contribution < -0.4 is 11.1 Å². The van der Waals surface area contributed by atoms with Crippen molar-refractivity contribution in [3.05, 3.63) is 44.9 Å². The molecule has 1 amide bonds. The van der Waals surface area contributed by atoms with Crippen LogP contribution in [0, 0.1) is 20.8 Å². The van der Waals surface area contributed by atoms with Gasteiger partial charge in [0.1, 0.15) is 5.01 Å². The van der Waals surface area contributed by atoms with Gasteiger partial charge in [0, 0.05) is 10.6 Å². The molecule has 0 atom stereocenters. The number of aromatic nitrogens is 1. The van der Waals surface area contributed by atoms with E-state index in [0.29, 0.717) is 17.8 Å². The zero-order valence-electron chi connectivity index (χ0n) is 11.3. The number of nitrogen functional groups attached to an aromatic ring is 1. The number of nitrogens with two attached hydrogens (primary N) is 1. The van der Waals surface area contributed by atoms with Crippen molar-refractivity contribution in [2.75, 3.05) is 5.73 Å². The third-order valence-corrected chi connectivity index (χ3v) is 4.00. The van der Waals surface area contributed by atoms with Crippen molar-refractivity contribution >= 4 is 22.9 Å². The highest BCUT2D eigenvalue weighted by Gasteiger charge is 2.11. The molecule has 0 unspecified atom stereocenters. The summed E-state index contributed by atoms with van der Waals surface area (Å²) in [6.07, 6.45) is 0. The summed E-state index contributed by atoms with van der Waals surface area (Å²) in [5, 5.41) is 3.76. The molecule has 0 saturated carbocycles. The van der Waals surface area contributed by atoms with Gasteiger partial charge in [0.05, 0.1) is 17.8 Å². The Balaban J connectivity index is 2.07. The van der Waals surface area contributed by atoms with Crippen LogP contribution in [0.1, 0.15) is 31.5 Å². The molecule has 5 heteroatoms. The van der Waals surface area contributed by atoms with Crippen molar-refractivity contribution < 1.29 is 4.79 Å². The monoisotopic (exact) mass is 275 g/mol. The van der Waals surface area contributed by atoms with Crippen LogP contribution in [0.5, 0.6) is 0 Å². The SMILES string of the molecule is Cc1ccc(N)c(C(=O)NCc2nc(C)c(C)s2)c1. The molecule has 3 N–H and O–H groups in total. The molecule has 0 fully saturated rings. The van der Waals surface area contributed by atoms with Gasteiger partial charge in [0.25, 0.3) is 5.91 Å². The van der Waals surface area contributed by atoms with Gasteiger partial charge in [-0.2, -0.15) is 0 Å². The van der Waals surface area contributed by atoms with Crippen molar-refractivity contribution in [1.29, 1.82) is 0 Å². The van der Waals surface area contributed by atoms with Crippen LogP contribution in [0.15, 0.2) is 18.2 Å². The lowest BCUT2D eigenvalue weighted by atomic mass is 10.1. The lowest BCUT2D eigenvalue weighted by Crippen LogP contribution is -2.23. The van der Waals surface area contributed by atoms with Crippen LogP contribution in [0.2, 0.25) is 0 Å². The molecule has 2 rings (SSSR count). The summed E-state index contributed by atoms with van der Waals surface area (Å²) in [6.45, 7) is 6.36. The number of hydrogen-bond donors (Lipinski definition) is 2. The molecule has 0 aliphatic rings. The molecular formula is C14H17N3OS. The molecule has 0 bridgehead atoms. The fraction of sp³-hybridized carbons (Fsp3) is 0.286. The van der Waals surface area contributed by atoms with Crippen molar-refractivity contribution in [3.8, 4) is 0 Å². The van der Waals surface area contributed by atoms with Crippen LogP contribution in [-0.2, 0) is 6.54 Å². The maximum absolute atomic E-state index is 12.1. The summed E-state index contributed by atoms with van der Waals surface area (Å²) < 4.78 is 0. The Kier molecular flexibility index (Phi) is 3.85. The molecule has 1 aromatic carbocycles. The molecule has 1 aromatic heterocycles. The van der Waals surface area contributed by atoms with Gasteiger partial charge in [-0.05, 0) is 32.9 Å². The van der Waals surface area contributed by atoms with Crippen LogP contribution in [0.4, 0.5) is 5.69 Å². The van der Waals surface area contributed by atoms with Gasteiger partial charge in [-0.25, -0.2) is 4.98 Å². The van der Waals surface area contributed by atoms with Crippen LogP contribution in [0.25, 0.3) is 0 Å². The Morgan fingerprint density at radius 3 is 2.74 bits per heavy atom. The maximum Gasteiger partial charge on any atom is 0.253 e. The average molecular weight is 275 g/mol. The van der Waals surface area contributed by atoms with Gasteiger partial charge < -0.3 is 11.1 Å². The maximum atomic E-state index is 12.1. The number of hydrogen-bond acceptors (Lipinski definition) is 4. The Morgan fingerprint density at radius 1 is 1.37 bits per heavy atom. The number of amides is 1. The summed E-state index contributed by atoms with van der Waals surface area (Å²) in [4.78, 5) is 17.6. The first-order valence-electron chi connectivity index (χ1n) is 6.04. The molecule has 4 nitrogen and oxygen atoms in total. The third kappa shape index (κ3) is 3.12. The Bertz CT molecular complexity index is 600. The Hall–Kier alpha value is -1.88. The van der Waals surface area contributed by atoms with Gasteiger partial charge >= 0.3 is 0 Å². The number of nitrogens with zero attached hydrogens (tertiary/aromatic N) is 1. The van der Waals surface area contributed by atoms with E-state index >= 15 is 0 Å². The average Bonchev–Trinajstić information content (AvgIpc) is 2.69. The number of anilines is 1. The van der Waals surface area contributed by atoms with Gasteiger partial charge in [-0.1, -0.05) is 11.6 Å². The van der Waals surface area contributed by atoms with E-state index in [-0.39, 0.29) is 5.91 Å². The molecule has 19 heavy (non-hydrogen) atoms. The standard InChI is InChI=1S/C14H17N3OS/c1-8-4-5-12(15)11(6-8)14(18)16-7-13-17-9(2)10(3)19-13/h4-6H,7,15H2,1-3H3,(H,16,18). The van der Waals surface area contributed by atoms with E-state index < -0.39 is 0 Å². The summed E-state index contributed by atoms with van der Waals surface area (Å²) in [5.41, 5.74) is 8.86. The minimum atomic E-state index is -0.160. The highest BCUT2D eigenvalue weighted by atomic mass is 32.1. The predicted molar refractivity (Wildman–Crippen MR) is 78.3 cm³/mol. The molecule has 0 saturated heterocycles. The van der Waals surface area contributed by atoms with Gasteiger partial charge in [-0.3, -0.25) is 4.79 Å². The molecule has 2 aromatic rings. The second kappa shape index (κ2) is 5.40. The minimum Gasteiger partial charge on any atom is -0.398 e. The van der Waals surface area contributed by atoms with Gasteiger partial charge in [0.15, 0.2) is 0 Å². The number of rotatable bonds is 3. The summed E-state index contributed by atoms with van der Waals surface area (Å²) in [6, 6.07) is 5.44. The highest BCUT2D eigenvalue weighted by Crippen LogP contribution is 2.17. The van der Waals surface area contributed by atoms with E-state index in [1.165, 1.54) is 4.88 Å². The molecule has 0 radical (unpaired) electrons. The predicted octanol–water partition coefficient (Wildman–Crippen LogP) is 2.58. The van der Waals surface area contributed by atoms with Crippen LogP contribution in [0.3, 0.4) is 0 Å². The molecule has 0 aliphatic heterocycles. The van der Waals surface area contributed by atoms with E-state index in [1.54, 1.807) is 23.5 Å². The van der Waals surface area contributed by atoms with Crippen molar-refractivity contribution in [2.45, 2.75) is 27.3 Å². The van der Waals surface area contributed by atoms with Crippen molar-refractivity contribution in [1.82, 2.24) is 10.3 Å². The van der Waals surface area contributed by atoms with Crippen molar-refractivity contribution in [3.63, 3.8) is 0 Å². The zero-order valence-corrected chi connectivity index (χ0v) is 12.1. The molecule has 0 spiro atoms. The number of aryl methyl sites for hydroxylation is 3. The summed E-state index contributed by atoms with van der Waals surface area (Å²) >= 11 is 1.60. The van der Waals surface area contributed by atoms with E-state index in [4.69, 9.17) is 5.73 Å². The normalized spacial score (nSPS) is 10.5. The second-order valence-electron chi connectivity index (χ2n) is 4.52. The molecular weight excluding hydrogens is 258 g/mol. The van der Waals surface area contributed by atoms with E-state index in [2.05, 4.69) is 10.3 Å². The fourth-order valence-corrected chi connectivity index (χ4v) is 2.61. The van der Waals surface area contributed by atoms with Gasteiger partial charge in [0.2, 0.25) is 0 Å². The first-order chi connectivity index (χ1) is 8.97. The number of carbonyl (C=O) groups excluding carboxylic acids is 1. The van der Waals surface area contributed by atoms with E-state index in [9.17, 15) is 4.79 Å². The first kappa shape index (κ1) is 13.5. The largest absolute Gasteiger partial charge is 0.398 e. The topological polar surface area (TPSA) is 68.0 Å². The fourth-order valence-electron chi connectivity index (χ4n) is 1.73. The van der Waals surface area contributed by atoms with E-state index in [1.807, 2.05) is 26.8 Å². The number of benzene rings is 1. The van der Waals surface area contributed by atoms with Crippen LogP contribution >= 0.6 is 11.3 Å². The molecule has 0 aliphatic carbocycles. The summed E-state index contributed by atoms with van der Waals surface area (Å²) in [5.74, 6) is -0.160. The van der Waals surface area contributed by atoms with E-state index in [0.717, 1.165) is 16.3 Å². The van der Waals surface area contributed by atoms with Crippen LogP contribution in [-0.4, -0.2) is 10.9 Å². The Labute approximate surface area is 116 Å². The second-order valence-corrected chi connectivity index (χ2v) is 5.81. The number of nitrogens with one attached hydrogen (secondary N) is 1. The quantitative estimate of drug-likeness (QED) is 0.846. The third-order valence-electron chi connectivity index (χ3n) is 2.93. The summed E-state index contributed by atoms with van der Waals surface area (Å²) in [7, 11) is 0. The lowest BCUT2D eigenvalue weighted by Gasteiger charge is -2.07. The number of carbonyl (C=O) groups is 1. The minimum absolute atomic E-state index is 0.160. The Morgan fingerprint density at radius 2 is 2.11 bits per heavy atom. The lowest BCUT2D eigenvalue weighted by molar-refractivity contribution is 0.0951. The molecule has 1 heterocycles. The smallest absolute Gasteiger partial charge is 0.253 e. The van der Waals surface area contributed by atoms with Gasteiger partial charge in [-0.15, -0.1) is 11.3 Å². The first-order valence-corrected chi connectivity index (χ1v) is 6.86. The van der Waals surface area contributed by atoms with Crippen molar-refractivity contribution in [2.24, 2.45) is 0 Å². The highest BCUT2D eigenvalue weighted by molar-refractivity contribution is 7.11. The molecule has 100 valence electrons. The number of thiazole rings is 1. The zero-order chi connectivity index (χ0) is 14.0.